The predicted octanol–water partition coefficient (Wildman–Crippen LogP) is 0.00970. The van der Waals surface area contributed by atoms with Crippen LogP contribution in [0.25, 0.3) is 0 Å². The Morgan fingerprint density at radius 3 is 2.83 bits per heavy atom. The van der Waals surface area contributed by atoms with Crippen molar-refractivity contribution in [1.82, 2.24) is 9.03 Å². The molecule has 1 rings (SSSR count). The summed E-state index contributed by atoms with van der Waals surface area (Å²) in [7, 11) is -2.14. The molecule has 0 fully saturated rings. The number of halogens is 1. The molecule has 1 N–H and O–H groups in total. The lowest BCUT2D eigenvalue weighted by atomic mass is 10.3. The Hall–Kier alpha value is -0.460. The average molecular weight is 194 g/mol. The molecule has 1 heterocycles. The van der Waals surface area contributed by atoms with Gasteiger partial charge in [0.05, 0.1) is 6.54 Å². The van der Waals surface area contributed by atoms with Gasteiger partial charge in [0.2, 0.25) is 0 Å². The minimum Gasteiger partial charge on any atom is -0.211 e. The molecule has 0 unspecified atom stereocenters. The van der Waals surface area contributed by atoms with Gasteiger partial charge >= 0.3 is 0 Å². The highest BCUT2D eigenvalue weighted by molar-refractivity contribution is 7.87. The summed E-state index contributed by atoms with van der Waals surface area (Å²) in [5, 5.41) is 0. The Morgan fingerprint density at radius 2 is 2.33 bits per heavy atom. The second-order valence-electron chi connectivity index (χ2n) is 2.48. The first-order chi connectivity index (χ1) is 5.56. The van der Waals surface area contributed by atoms with E-state index >= 15 is 0 Å². The van der Waals surface area contributed by atoms with Crippen molar-refractivity contribution in [2.45, 2.75) is 6.42 Å². The van der Waals surface area contributed by atoms with Gasteiger partial charge in [-0.25, -0.2) is 9.11 Å². The highest BCUT2D eigenvalue weighted by Crippen LogP contribution is 2.12. The summed E-state index contributed by atoms with van der Waals surface area (Å²) in [4.78, 5) is 0. The van der Waals surface area contributed by atoms with E-state index in [1.807, 2.05) is 0 Å². The van der Waals surface area contributed by atoms with Gasteiger partial charge in [-0.15, -0.1) is 0 Å². The normalized spacial score (nSPS) is 20.7. The molecule has 12 heavy (non-hydrogen) atoms. The first-order valence-corrected chi connectivity index (χ1v) is 5.03. The zero-order valence-corrected chi connectivity index (χ0v) is 7.57. The maximum Gasteiger partial charge on any atom is 0.279 e. The molecule has 6 heteroatoms. The van der Waals surface area contributed by atoms with E-state index in [0.29, 0.717) is 13.0 Å². The van der Waals surface area contributed by atoms with Crippen molar-refractivity contribution in [3.05, 3.63) is 11.9 Å². The van der Waals surface area contributed by atoms with Crippen LogP contribution < -0.4 is 4.72 Å². The third-order valence-electron chi connectivity index (χ3n) is 1.67. The molecule has 0 aromatic carbocycles. The standard InChI is InChI=1S/C6H11FN2O2S/c1-8-12(10,11)9-4-2-3-6(7)5-9/h3,8H,2,4-5H2,1H3. The van der Waals surface area contributed by atoms with Crippen LogP contribution >= 0.6 is 0 Å². The Morgan fingerprint density at radius 1 is 1.67 bits per heavy atom. The molecular formula is C6H11FN2O2S. The highest BCUT2D eigenvalue weighted by atomic mass is 32.2. The fraction of sp³-hybridized carbons (Fsp3) is 0.667. The van der Waals surface area contributed by atoms with Crippen LogP contribution in [0.4, 0.5) is 4.39 Å². The Balaban J connectivity index is 2.74. The summed E-state index contributed by atoms with van der Waals surface area (Å²) >= 11 is 0. The van der Waals surface area contributed by atoms with Crippen LogP contribution in [0.15, 0.2) is 11.9 Å². The van der Waals surface area contributed by atoms with E-state index in [9.17, 15) is 12.8 Å². The van der Waals surface area contributed by atoms with Crippen LogP contribution in [-0.4, -0.2) is 32.9 Å². The van der Waals surface area contributed by atoms with E-state index in [1.54, 1.807) is 0 Å². The van der Waals surface area contributed by atoms with Crippen molar-refractivity contribution >= 4 is 10.2 Å². The molecule has 0 saturated carbocycles. The molecule has 4 nitrogen and oxygen atoms in total. The van der Waals surface area contributed by atoms with E-state index in [4.69, 9.17) is 0 Å². The fourth-order valence-corrected chi connectivity index (χ4v) is 1.91. The summed E-state index contributed by atoms with van der Waals surface area (Å²) < 4.78 is 38.1. The highest BCUT2D eigenvalue weighted by Gasteiger charge is 2.23. The van der Waals surface area contributed by atoms with Crippen LogP contribution in [0.5, 0.6) is 0 Å². The summed E-state index contributed by atoms with van der Waals surface area (Å²) in [6.07, 6.45) is 1.84. The van der Waals surface area contributed by atoms with Gasteiger partial charge in [0.1, 0.15) is 5.83 Å². The lowest BCUT2D eigenvalue weighted by Gasteiger charge is -2.22. The van der Waals surface area contributed by atoms with Crippen LogP contribution in [0.2, 0.25) is 0 Å². The van der Waals surface area contributed by atoms with Gasteiger partial charge in [-0.1, -0.05) is 6.08 Å². The minimum atomic E-state index is -3.45. The minimum absolute atomic E-state index is 0.150. The van der Waals surface area contributed by atoms with E-state index < -0.39 is 10.2 Å². The van der Waals surface area contributed by atoms with E-state index in [2.05, 4.69) is 4.72 Å². The molecule has 0 aromatic rings. The van der Waals surface area contributed by atoms with Crippen molar-refractivity contribution in [2.24, 2.45) is 0 Å². The SMILES string of the molecule is CNS(=O)(=O)N1CCC=C(F)C1. The number of nitrogens with one attached hydrogen (secondary N) is 1. The van der Waals surface area contributed by atoms with Gasteiger partial charge in [0.25, 0.3) is 10.2 Å². The molecule has 0 bridgehead atoms. The first kappa shape index (κ1) is 9.63. The molecule has 0 amide bonds. The molecule has 0 atom stereocenters. The topological polar surface area (TPSA) is 49.4 Å². The molecule has 0 aliphatic carbocycles. The summed E-state index contributed by atoms with van der Waals surface area (Å²) in [5.41, 5.74) is 0. The van der Waals surface area contributed by atoms with E-state index in [0.717, 1.165) is 4.31 Å². The predicted molar refractivity (Wildman–Crippen MR) is 43.4 cm³/mol. The van der Waals surface area contributed by atoms with Crippen LogP contribution in [0.1, 0.15) is 6.42 Å². The van der Waals surface area contributed by atoms with Crippen molar-refractivity contribution in [2.75, 3.05) is 20.1 Å². The third kappa shape index (κ3) is 2.02. The van der Waals surface area contributed by atoms with Crippen molar-refractivity contribution < 1.29 is 12.8 Å². The summed E-state index contributed by atoms with van der Waals surface area (Å²) in [6.45, 7) is 0.194. The van der Waals surface area contributed by atoms with Gasteiger partial charge in [-0.3, -0.25) is 0 Å². The Labute approximate surface area is 71.2 Å². The quantitative estimate of drug-likeness (QED) is 0.673. The fourth-order valence-electron chi connectivity index (χ4n) is 1.01. The number of hydrogen-bond donors (Lipinski definition) is 1. The zero-order chi connectivity index (χ0) is 9.19. The second kappa shape index (κ2) is 3.51. The van der Waals surface area contributed by atoms with Crippen LogP contribution in [0.3, 0.4) is 0 Å². The monoisotopic (exact) mass is 194 g/mol. The summed E-state index contributed by atoms with van der Waals surface area (Å²) in [6, 6.07) is 0. The number of rotatable bonds is 2. The van der Waals surface area contributed by atoms with Crippen molar-refractivity contribution in [1.29, 1.82) is 0 Å². The molecule has 1 aliphatic heterocycles. The molecule has 0 saturated heterocycles. The third-order valence-corrected chi connectivity index (χ3v) is 3.18. The smallest absolute Gasteiger partial charge is 0.211 e. The van der Waals surface area contributed by atoms with E-state index in [-0.39, 0.29) is 12.4 Å². The van der Waals surface area contributed by atoms with Gasteiger partial charge < -0.3 is 0 Å². The lowest BCUT2D eigenvalue weighted by molar-refractivity contribution is 0.384. The second-order valence-corrected chi connectivity index (χ2v) is 4.36. The molecule has 0 aromatic heterocycles. The summed E-state index contributed by atoms with van der Waals surface area (Å²) in [5.74, 6) is -0.389. The Bertz CT molecular complexity index is 286. The van der Waals surface area contributed by atoms with Crippen molar-refractivity contribution in [3.8, 4) is 0 Å². The Kier molecular flexibility index (Phi) is 2.81. The average Bonchev–Trinajstić information content (AvgIpc) is 2.05. The number of hydrogen-bond acceptors (Lipinski definition) is 2. The molecule has 0 radical (unpaired) electrons. The molecular weight excluding hydrogens is 183 g/mol. The van der Waals surface area contributed by atoms with Gasteiger partial charge in [-0.2, -0.15) is 12.7 Å². The van der Waals surface area contributed by atoms with E-state index in [1.165, 1.54) is 13.1 Å². The van der Waals surface area contributed by atoms with Gasteiger partial charge in [0.15, 0.2) is 0 Å². The first-order valence-electron chi connectivity index (χ1n) is 3.59. The van der Waals surface area contributed by atoms with Crippen LogP contribution in [0, 0.1) is 0 Å². The maximum atomic E-state index is 12.6. The zero-order valence-electron chi connectivity index (χ0n) is 6.75. The molecule has 70 valence electrons. The van der Waals surface area contributed by atoms with Crippen LogP contribution in [-0.2, 0) is 10.2 Å². The maximum absolute atomic E-state index is 12.6. The molecule has 0 spiro atoms. The lowest BCUT2D eigenvalue weighted by Crippen LogP contribution is -2.41. The van der Waals surface area contributed by atoms with Crippen molar-refractivity contribution in [3.63, 3.8) is 0 Å². The number of nitrogens with zero attached hydrogens (tertiary/aromatic N) is 1. The van der Waals surface area contributed by atoms with Gasteiger partial charge in [-0.05, 0) is 6.42 Å². The van der Waals surface area contributed by atoms with Gasteiger partial charge in [0, 0.05) is 13.6 Å². The molecule has 1 aliphatic rings. The largest absolute Gasteiger partial charge is 0.279 e.